The minimum atomic E-state index is 0.205. The lowest BCUT2D eigenvalue weighted by atomic mass is 10.0. The summed E-state index contributed by atoms with van der Waals surface area (Å²) in [6, 6.07) is 8.47. The van der Waals surface area contributed by atoms with Gasteiger partial charge in [0.1, 0.15) is 5.01 Å². The Bertz CT molecular complexity index is 647. The Morgan fingerprint density at radius 3 is 2.90 bits per heavy atom. The van der Waals surface area contributed by atoms with Crippen molar-refractivity contribution in [2.24, 2.45) is 11.8 Å². The van der Waals surface area contributed by atoms with E-state index in [1.165, 1.54) is 11.1 Å². The van der Waals surface area contributed by atoms with Gasteiger partial charge in [-0.3, -0.25) is 4.79 Å². The number of piperidine rings is 1. The third kappa shape index (κ3) is 2.35. The van der Waals surface area contributed by atoms with Crippen LogP contribution in [-0.2, 0) is 4.79 Å². The maximum atomic E-state index is 12.7. The molecule has 2 fully saturated rings. The highest BCUT2D eigenvalue weighted by Crippen LogP contribution is 2.43. The first kappa shape index (κ1) is 13.3. The molecule has 110 valence electrons. The van der Waals surface area contributed by atoms with E-state index in [2.05, 4.69) is 30.0 Å². The Morgan fingerprint density at radius 2 is 2.14 bits per heavy atom. The van der Waals surface area contributed by atoms with Crippen molar-refractivity contribution in [2.45, 2.75) is 38.6 Å². The fourth-order valence-electron chi connectivity index (χ4n) is 3.36. The highest BCUT2D eigenvalue weighted by molar-refractivity contribution is 7.18. The normalized spacial score (nSPS) is 28.8. The SMILES string of the molecule is C[C@@H]1C[C@@H]1C(=O)N1CCCC[C@@H]1c1nc2ccccc2s1. The number of thiazole rings is 1. The van der Waals surface area contributed by atoms with Crippen molar-refractivity contribution in [3.05, 3.63) is 29.3 Å². The Hall–Kier alpha value is -1.42. The van der Waals surface area contributed by atoms with Crippen LogP contribution in [0.15, 0.2) is 24.3 Å². The van der Waals surface area contributed by atoms with Gasteiger partial charge in [-0.2, -0.15) is 0 Å². The zero-order valence-electron chi connectivity index (χ0n) is 12.3. The average Bonchev–Trinajstić information content (AvgIpc) is 3.09. The van der Waals surface area contributed by atoms with Gasteiger partial charge in [0.05, 0.1) is 16.3 Å². The number of carbonyl (C=O) groups excluding carboxylic acids is 1. The molecule has 4 heteroatoms. The van der Waals surface area contributed by atoms with E-state index in [1.54, 1.807) is 11.3 Å². The molecule has 1 aliphatic heterocycles. The van der Waals surface area contributed by atoms with Crippen LogP contribution in [0.25, 0.3) is 10.2 Å². The van der Waals surface area contributed by atoms with E-state index in [-0.39, 0.29) is 12.0 Å². The Morgan fingerprint density at radius 1 is 1.33 bits per heavy atom. The smallest absolute Gasteiger partial charge is 0.226 e. The van der Waals surface area contributed by atoms with Gasteiger partial charge in [-0.1, -0.05) is 19.1 Å². The number of carbonyl (C=O) groups is 1. The van der Waals surface area contributed by atoms with Crippen LogP contribution in [0, 0.1) is 11.8 Å². The number of rotatable bonds is 2. The minimum Gasteiger partial charge on any atom is -0.333 e. The zero-order valence-corrected chi connectivity index (χ0v) is 13.1. The van der Waals surface area contributed by atoms with Crippen molar-refractivity contribution in [2.75, 3.05) is 6.54 Å². The summed E-state index contributed by atoms with van der Waals surface area (Å²) in [7, 11) is 0. The minimum absolute atomic E-state index is 0.205. The highest BCUT2D eigenvalue weighted by atomic mass is 32.1. The second-order valence-electron chi connectivity index (χ2n) is 6.38. The van der Waals surface area contributed by atoms with Crippen LogP contribution >= 0.6 is 11.3 Å². The molecule has 3 nitrogen and oxygen atoms in total. The second kappa shape index (κ2) is 5.09. The molecular formula is C17H20N2OS. The lowest BCUT2D eigenvalue weighted by molar-refractivity contribution is -0.136. The summed E-state index contributed by atoms with van der Waals surface area (Å²) in [4.78, 5) is 19.6. The number of aromatic nitrogens is 1. The number of amides is 1. The van der Waals surface area contributed by atoms with Gasteiger partial charge in [-0.05, 0) is 43.7 Å². The zero-order chi connectivity index (χ0) is 14.4. The Balaban J connectivity index is 1.65. The molecule has 1 aliphatic carbocycles. The first-order valence-corrected chi connectivity index (χ1v) is 8.71. The molecule has 2 aliphatic rings. The van der Waals surface area contributed by atoms with Crippen LogP contribution in [0.2, 0.25) is 0 Å². The number of hydrogen-bond donors (Lipinski definition) is 0. The monoisotopic (exact) mass is 300 g/mol. The number of hydrogen-bond acceptors (Lipinski definition) is 3. The van der Waals surface area contributed by atoms with Crippen molar-refractivity contribution < 1.29 is 4.79 Å². The largest absolute Gasteiger partial charge is 0.333 e. The standard InChI is InChI=1S/C17H20N2OS/c1-11-10-12(11)17(20)19-9-5-4-7-14(19)16-18-13-6-2-3-8-15(13)21-16/h2-3,6,8,11-12,14H,4-5,7,9-10H2,1H3/t11-,12+,14-/m1/s1. The van der Waals surface area contributed by atoms with Gasteiger partial charge in [0, 0.05) is 12.5 Å². The topological polar surface area (TPSA) is 33.2 Å². The lowest BCUT2D eigenvalue weighted by Gasteiger charge is -2.34. The molecule has 21 heavy (non-hydrogen) atoms. The van der Waals surface area contributed by atoms with E-state index in [0.29, 0.717) is 11.8 Å². The van der Waals surface area contributed by atoms with Crippen LogP contribution in [-0.4, -0.2) is 22.3 Å². The fraction of sp³-hybridized carbons (Fsp3) is 0.529. The third-order valence-corrected chi connectivity index (χ3v) is 5.95. The van der Waals surface area contributed by atoms with Gasteiger partial charge in [0.25, 0.3) is 0 Å². The van der Waals surface area contributed by atoms with Crippen LogP contribution in [0.1, 0.15) is 43.7 Å². The lowest BCUT2D eigenvalue weighted by Crippen LogP contribution is -2.39. The van der Waals surface area contributed by atoms with E-state index in [9.17, 15) is 4.79 Å². The van der Waals surface area contributed by atoms with E-state index >= 15 is 0 Å². The summed E-state index contributed by atoms with van der Waals surface area (Å²) in [5, 5.41) is 1.12. The number of benzene rings is 1. The molecule has 1 saturated carbocycles. The van der Waals surface area contributed by atoms with E-state index < -0.39 is 0 Å². The predicted octanol–water partition coefficient (Wildman–Crippen LogP) is 4.01. The fourth-order valence-corrected chi connectivity index (χ4v) is 4.48. The van der Waals surface area contributed by atoms with E-state index in [4.69, 9.17) is 4.98 Å². The Labute approximate surface area is 129 Å². The molecule has 1 amide bonds. The Kier molecular flexibility index (Phi) is 3.21. The molecule has 0 unspecified atom stereocenters. The molecule has 4 rings (SSSR count). The number of nitrogens with zero attached hydrogens (tertiary/aromatic N) is 2. The average molecular weight is 300 g/mol. The molecule has 1 aromatic heterocycles. The first-order valence-electron chi connectivity index (χ1n) is 7.90. The number of likely N-dealkylation sites (tertiary alicyclic amines) is 1. The summed E-state index contributed by atoms with van der Waals surface area (Å²) in [6.45, 7) is 3.09. The first-order chi connectivity index (χ1) is 10.2. The summed E-state index contributed by atoms with van der Waals surface area (Å²) in [6.07, 6.45) is 4.47. The van der Waals surface area contributed by atoms with Crippen LogP contribution in [0.4, 0.5) is 0 Å². The van der Waals surface area contributed by atoms with Gasteiger partial charge in [0.2, 0.25) is 5.91 Å². The maximum absolute atomic E-state index is 12.7. The van der Waals surface area contributed by atoms with Crippen LogP contribution < -0.4 is 0 Å². The van der Waals surface area contributed by atoms with Crippen LogP contribution in [0.5, 0.6) is 0 Å². The van der Waals surface area contributed by atoms with Crippen molar-refractivity contribution in [3.8, 4) is 0 Å². The summed E-state index contributed by atoms with van der Waals surface area (Å²) in [5.74, 6) is 1.22. The molecule has 0 spiro atoms. The molecule has 2 aromatic rings. The maximum Gasteiger partial charge on any atom is 0.226 e. The quantitative estimate of drug-likeness (QED) is 0.839. The molecule has 2 heterocycles. The van der Waals surface area contributed by atoms with Crippen molar-refractivity contribution in [3.63, 3.8) is 0 Å². The predicted molar refractivity (Wildman–Crippen MR) is 85.2 cm³/mol. The molecular weight excluding hydrogens is 280 g/mol. The van der Waals surface area contributed by atoms with Gasteiger partial charge < -0.3 is 4.90 Å². The molecule has 1 aromatic carbocycles. The summed E-state index contributed by atoms with van der Waals surface area (Å²) >= 11 is 1.75. The number of fused-ring (bicyclic) bond motifs is 1. The molecule has 0 bridgehead atoms. The molecule has 1 saturated heterocycles. The van der Waals surface area contributed by atoms with Gasteiger partial charge in [0.15, 0.2) is 0 Å². The molecule has 0 N–H and O–H groups in total. The molecule has 0 radical (unpaired) electrons. The van der Waals surface area contributed by atoms with Gasteiger partial charge in [-0.25, -0.2) is 4.98 Å². The van der Waals surface area contributed by atoms with Crippen molar-refractivity contribution in [1.82, 2.24) is 9.88 Å². The van der Waals surface area contributed by atoms with E-state index in [0.717, 1.165) is 36.3 Å². The van der Waals surface area contributed by atoms with Crippen LogP contribution in [0.3, 0.4) is 0 Å². The van der Waals surface area contributed by atoms with Gasteiger partial charge in [-0.15, -0.1) is 11.3 Å². The van der Waals surface area contributed by atoms with Gasteiger partial charge >= 0.3 is 0 Å². The van der Waals surface area contributed by atoms with Crippen molar-refractivity contribution in [1.29, 1.82) is 0 Å². The van der Waals surface area contributed by atoms with E-state index in [1.807, 2.05) is 6.07 Å². The highest BCUT2D eigenvalue weighted by Gasteiger charge is 2.44. The second-order valence-corrected chi connectivity index (χ2v) is 7.44. The third-order valence-electron chi connectivity index (χ3n) is 4.81. The summed E-state index contributed by atoms with van der Waals surface area (Å²) in [5.41, 5.74) is 1.07. The number of para-hydroxylation sites is 1. The summed E-state index contributed by atoms with van der Waals surface area (Å²) < 4.78 is 1.23. The van der Waals surface area contributed by atoms with Crippen molar-refractivity contribution >= 4 is 27.5 Å². The molecule has 3 atom stereocenters.